The molecule has 0 aliphatic carbocycles. The van der Waals surface area contributed by atoms with E-state index in [1.165, 1.54) is 37.4 Å². The van der Waals surface area contributed by atoms with Crippen LogP contribution in [0, 0.1) is 0 Å². The Balaban J connectivity index is 2.26. The fraction of sp³-hybridized carbons (Fsp3) is 0.250. The van der Waals surface area contributed by atoms with Gasteiger partial charge in [0.1, 0.15) is 24.4 Å². The molecule has 1 heterocycles. The first kappa shape index (κ1) is 25.0. The number of aromatic nitrogens is 1. The molecule has 0 saturated carbocycles. The lowest BCUT2D eigenvalue weighted by Gasteiger charge is -2.20. The Hall–Kier alpha value is -3.24. The number of Topliss-reactive ketones (excluding diaryl/α,β-unsaturated/α-hetero) is 1. The highest BCUT2D eigenvalue weighted by molar-refractivity contribution is 6.40. The number of ketones is 1. The van der Waals surface area contributed by atoms with Crippen LogP contribution in [0.2, 0.25) is 10.0 Å². The quantitative estimate of drug-likeness (QED) is 0.499. The molecule has 2 amide bonds. The molecule has 0 aliphatic rings. The van der Waals surface area contributed by atoms with Crippen molar-refractivity contribution < 1.29 is 28.7 Å². The summed E-state index contributed by atoms with van der Waals surface area (Å²) in [5, 5.41) is 13.5. The molecule has 9 nitrogen and oxygen atoms in total. The van der Waals surface area contributed by atoms with Crippen molar-refractivity contribution in [1.29, 1.82) is 0 Å². The predicted octanol–water partition coefficient (Wildman–Crippen LogP) is 2.47. The number of benzene rings is 1. The number of hydrogen-bond acceptors (Lipinski definition) is 5. The number of pyridine rings is 1. The van der Waals surface area contributed by atoms with Crippen LogP contribution in [0.3, 0.4) is 0 Å². The number of anilines is 1. The molecule has 170 valence electrons. The summed E-state index contributed by atoms with van der Waals surface area (Å²) in [5.41, 5.74) is -0.994. The number of nitrogens with zero attached hydrogens (tertiary/aromatic N) is 1. The van der Waals surface area contributed by atoms with E-state index in [-0.39, 0.29) is 21.3 Å². The number of amides is 2. The van der Waals surface area contributed by atoms with E-state index in [1.807, 2.05) is 0 Å². The van der Waals surface area contributed by atoms with E-state index in [1.54, 1.807) is 6.07 Å². The lowest BCUT2D eigenvalue weighted by molar-refractivity contribution is -0.140. The van der Waals surface area contributed by atoms with E-state index in [0.29, 0.717) is 0 Å². The molecule has 0 spiro atoms. The van der Waals surface area contributed by atoms with Gasteiger partial charge in [-0.25, -0.2) is 4.39 Å². The molecule has 3 N–H and O–H groups in total. The lowest BCUT2D eigenvalue weighted by atomic mass is 10.1. The molecule has 0 bridgehead atoms. The van der Waals surface area contributed by atoms with Crippen LogP contribution < -0.4 is 16.2 Å². The van der Waals surface area contributed by atoms with Gasteiger partial charge in [0.2, 0.25) is 5.91 Å². The van der Waals surface area contributed by atoms with Crippen molar-refractivity contribution in [3.8, 4) is 0 Å². The third kappa shape index (κ3) is 5.92. The second kappa shape index (κ2) is 10.9. The predicted molar refractivity (Wildman–Crippen MR) is 115 cm³/mol. The molecule has 1 unspecified atom stereocenters. The fourth-order valence-electron chi connectivity index (χ4n) is 2.74. The first-order chi connectivity index (χ1) is 15.1. The largest absolute Gasteiger partial charge is 0.481 e. The second-order valence-electron chi connectivity index (χ2n) is 6.62. The zero-order valence-electron chi connectivity index (χ0n) is 16.6. The summed E-state index contributed by atoms with van der Waals surface area (Å²) >= 11 is 12.0. The fourth-order valence-corrected chi connectivity index (χ4v) is 3.31. The van der Waals surface area contributed by atoms with Crippen LogP contribution >= 0.6 is 23.2 Å². The topological polar surface area (TPSA) is 135 Å². The first-order valence-corrected chi connectivity index (χ1v) is 9.89. The number of carboxylic acids is 1. The number of rotatable bonds is 9. The van der Waals surface area contributed by atoms with Gasteiger partial charge in [-0.05, 0) is 31.2 Å². The number of hydrogen-bond donors (Lipinski definition) is 3. The van der Waals surface area contributed by atoms with Gasteiger partial charge in [0, 0.05) is 6.20 Å². The van der Waals surface area contributed by atoms with Crippen molar-refractivity contribution in [2.75, 3.05) is 12.0 Å². The molecule has 0 aliphatic heterocycles. The molecule has 2 rings (SSSR count). The normalized spacial score (nSPS) is 12.5. The molecule has 32 heavy (non-hydrogen) atoms. The highest BCUT2D eigenvalue weighted by atomic mass is 35.5. The summed E-state index contributed by atoms with van der Waals surface area (Å²) in [4.78, 5) is 60.3. The van der Waals surface area contributed by atoms with E-state index < -0.39 is 54.3 Å². The lowest BCUT2D eigenvalue weighted by Crippen LogP contribution is -2.46. The Morgan fingerprint density at radius 1 is 1.12 bits per heavy atom. The van der Waals surface area contributed by atoms with E-state index in [4.69, 9.17) is 28.3 Å². The Kier molecular flexibility index (Phi) is 8.50. The maximum absolute atomic E-state index is 12.8. The van der Waals surface area contributed by atoms with Gasteiger partial charge < -0.3 is 20.3 Å². The zero-order valence-corrected chi connectivity index (χ0v) is 18.1. The van der Waals surface area contributed by atoms with Gasteiger partial charge in [-0.2, -0.15) is 0 Å². The van der Waals surface area contributed by atoms with Crippen LogP contribution in [-0.2, 0) is 14.4 Å². The summed E-state index contributed by atoms with van der Waals surface area (Å²) in [6, 6.07) is 4.32. The van der Waals surface area contributed by atoms with Crippen LogP contribution in [0.4, 0.5) is 10.1 Å². The first-order valence-electron chi connectivity index (χ1n) is 9.14. The number of carboxylic acid groups (broad SMARTS) is 1. The van der Waals surface area contributed by atoms with Gasteiger partial charge >= 0.3 is 5.97 Å². The number of halogens is 3. The van der Waals surface area contributed by atoms with Gasteiger partial charge in [-0.1, -0.05) is 29.3 Å². The monoisotopic (exact) mass is 485 g/mol. The maximum Gasteiger partial charge on any atom is 0.305 e. The van der Waals surface area contributed by atoms with Crippen molar-refractivity contribution in [2.45, 2.75) is 25.4 Å². The number of carbonyl (C=O) groups is 4. The van der Waals surface area contributed by atoms with Gasteiger partial charge in [-0.3, -0.25) is 24.0 Å². The SMILES string of the molecule is CC(C(=O)N[C@@H](CC(=O)O)C(=O)CF)n1cccc(NC(=O)c2c(Cl)cccc2Cl)c1=O. The minimum absolute atomic E-state index is 0.0438. The minimum atomic E-state index is -1.59. The van der Waals surface area contributed by atoms with Crippen molar-refractivity contribution in [3.05, 3.63) is 62.5 Å². The Labute approximate surface area is 191 Å². The second-order valence-corrected chi connectivity index (χ2v) is 7.43. The van der Waals surface area contributed by atoms with E-state index in [9.17, 15) is 28.4 Å². The van der Waals surface area contributed by atoms with Crippen LogP contribution in [0.1, 0.15) is 29.7 Å². The molecular formula is C20H18Cl2FN3O6. The molecule has 1 aromatic carbocycles. The van der Waals surface area contributed by atoms with Crippen molar-refractivity contribution in [1.82, 2.24) is 9.88 Å². The average molecular weight is 486 g/mol. The molecule has 0 saturated heterocycles. The van der Waals surface area contributed by atoms with Gasteiger partial charge in [-0.15, -0.1) is 0 Å². The Morgan fingerprint density at radius 2 is 1.75 bits per heavy atom. The summed E-state index contributed by atoms with van der Waals surface area (Å²) in [6.07, 6.45) is 0.443. The third-order valence-corrected chi connectivity index (χ3v) is 5.05. The molecule has 0 fully saturated rings. The minimum Gasteiger partial charge on any atom is -0.481 e. The van der Waals surface area contributed by atoms with Crippen LogP contribution in [-0.4, -0.2) is 46.0 Å². The van der Waals surface area contributed by atoms with Crippen LogP contribution in [0.15, 0.2) is 41.3 Å². The highest BCUT2D eigenvalue weighted by Crippen LogP contribution is 2.25. The zero-order chi connectivity index (χ0) is 24.0. The van der Waals surface area contributed by atoms with Crippen LogP contribution in [0.25, 0.3) is 0 Å². The van der Waals surface area contributed by atoms with E-state index >= 15 is 0 Å². The van der Waals surface area contributed by atoms with Crippen molar-refractivity contribution in [2.24, 2.45) is 0 Å². The number of nitrogens with one attached hydrogen (secondary N) is 2. The van der Waals surface area contributed by atoms with Gasteiger partial charge in [0.05, 0.1) is 22.0 Å². The molecule has 12 heteroatoms. The van der Waals surface area contributed by atoms with E-state index in [0.717, 1.165) is 4.57 Å². The highest BCUT2D eigenvalue weighted by Gasteiger charge is 2.27. The smallest absolute Gasteiger partial charge is 0.305 e. The summed E-state index contributed by atoms with van der Waals surface area (Å²) in [5.74, 6) is -4.16. The van der Waals surface area contributed by atoms with Crippen LogP contribution in [0.5, 0.6) is 0 Å². The molecule has 2 atom stereocenters. The van der Waals surface area contributed by atoms with Crippen molar-refractivity contribution >= 4 is 52.5 Å². The van der Waals surface area contributed by atoms with Gasteiger partial charge in [0.25, 0.3) is 11.5 Å². The maximum atomic E-state index is 12.8. The third-order valence-electron chi connectivity index (χ3n) is 4.42. The molecule has 2 aromatic rings. The number of alkyl halides is 1. The van der Waals surface area contributed by atoms with Gasteiger partial charge in [0.15, 0.2) is 5.78 Å². The standard InChI is InChI=1S/C20H18Cl2FN3O6/c1-10(18(30)25-14(8-16(28)29)15(27)9-23)26-7-3-6-13(20(26)32)24-19(31)17-11(21)4-2-5-12(17)22/h2-7,10,14H,8-9H2,1H3,(H,24,31)(H,25,30)(H,28,29)/t10?,14-/m0/s1. The summed E-state index contributed by atoms with van der Waals surface area (Å²) in [7, 11) is 0. The van der Waals surface area contributed by atoms with Crippen molar-refractivity contribution in [3.63, 3.8) is 0 Å². The summed E-state index contributed by atoms with van der Waals surface area (Å²) in [6.45, 7) is -0.149. The molecule has 1 aromatic heterocycles. The molecule has 0 radical (unpaired) electrons. The van der Waals surface area contributed by atoms with E-state index in [2.05, 4.69) is 10.6 Å². The Bertz CT molecular complexity index is 1100. The summed E-state index contributed by atoms with van der Waals surface area (Å²) < 4.78 is 13.6. The number of aliphatic carboxylic acids is 1. The molecular weight excluding hydrogens is 468 g/mol. The Morgan fingerprint density at radius 3 is 2.31 bits per heavy atom. The average Bonchev–Trinajstić information content (AvgIpc) is 2.73. The number of carbonyl (C=O) groups excluding carboxylic acids is 3.